The predicted octanol–water partition coefficient (Wildman–Crippen LogP) is 4.08. The molecule has 4 nitrogen and oxygen atoms in total. The van der Waals surface area contributed by atoms with Gasteiger partial charge in [0.2, 0.25) is 5.91 Å². The number of carbonyl (C=O) groups is 1. The summed E-state index contributed by atoms with van der Waals surface area (Å²) in [6, 6.07) is 11.8. The minimum absolute atomic E-state index is 0.0109. The second kappa shape index (κ2) is 5.13. The van der Waals surface area contributed by atoms with Gasteiger partial charge in [0.05, 0.1) is 11.2 Å². The number of hydrogen-bond donors (Lipinski definition) is 0. The maximum absolute atomic E-state index is 13.4. The zero-order valence-electron chi connectivity index (χ0n) is 14.0. The summed E-state index contributed by atoms with van der Waals surface area (Å²) in [5, 5.41) is 1.08. The number of aromatic nitrogens is 3. The summed E-state index contributed by atoms with van der Waals surface area (Å²) in [6.07, 6.45) is 5.55. The second-order valence-corrected chi connectivity index (χ2v) is 6.75. The van der Waals surface area contributed by atoms with Crippen LogP contribution in [0.25, 0.3) is 16.5 Å². The smallest absolute Gasteiger partial charge is 0.249 e. The van der Waals surface area contributed by atoms with Crippen molar-refractivity contribution >= 4 is 22.4 Å². The monoisotopic (exact) mass is 317 g/mol. The second-order valence-electron chi connectivity index (χ2n) is 6.75. The van der Waals surface area contributed by atoms with Crippen LogP contribution in [0.15, 0.2) is 54.9 Å². The molecule has 1 aliphatic heterocycles. The average molecular weight is 317 g/mol. The number of carbonyl (C=O) groups excluding carboxylic acids is 1. The maximum Gasteiger partial charge on any atom is 0.249 e. The SMILES string of the molecule is CC(C)/C=C1/c2cc3ccccc3n2C(=O)[C@]1(C)c1ncccn1. The molecule has 1 aromatic carbocycles. The molecule has 0 saturated heterocycles. The summed E-state index contributed by atoms with van der Waals surface area (Å²) in [7, 11) is 0. The summed E-state index contributed by atoms with van der Waals surface area (Å²) in [5.74, 6) is 0.881. The zero-order valence-corrected chi connectivity index (χ0v) is 14.0. The van der Waals surface area contributed by atoms with Crippen molar-refractivity contribution in [1.29, 1.82) is 0 Å². The Labute approximate surface area is 140 Å². The Hall–Kier alpha value is -2.75. The van der Waals surface area contributed by atoms with Gasteiger partial charge in [0, 0.05) is 17.8 Å². The van der Waals surface area contributed by atoms with Crippen LogP contribution in [-0.2, 0) is 5.41 Å². The van der Waals surface area contributed by atoms with Crippen molar-refractivity contribution < 1.29 is 4.79 Å². The largest absolute Gasteiger partial charge is 0.279 e. The Kier molecular flexibility index (Phi) is 3.17. The lowest BCUT2D eigenvalue weighted by Crippen LogP contribution is -2.33. The van der Waals surface area contributed by atoms with Gasteiger partial charge in [0.1, 0.15) is 11.2 Å². The minimum Gasteiger partial charge on any atom is -0.279 e. The van der Waals surface area contributed by atoms with E-state index in [0.717, 1.165) is 22.2 Å². The highest BCUT2D eigenvalue weighted by molar-refractivity contribution is 6.13. The summed E-state index contributed by atoms with van der Waals surface area (Å²) < 4.78 is 1.82. The van der Waals surface area contributed by atoms with Crippen LogP contribution in [0.2, 0.25) is 0 Å². The third-order valence-electron chi connectivity index (χ3n) is 4.67. The summed E-state index contributed by atoms with van der Waals surface area (Å²) in [6.45, 7) is 6.17. The van der Waals surface area contributed by atoms with E-state index in [-0.39, 0.29) is 5.91 Å². The van der Waals surface area contributed by atoms with Crippen LogP contribution in [0.3, 0.4) is 0 Å². The number of allylic oxidation sites excluding steroid dienone is 2. The molecule has 4 rings (SSSR count). The van der Waals surface area contributed by atoms with E-state index in [2.05, 4.69) is 36.0 Å². The van der Waals surface area contributed by atoms with E-state index in [0.29, 0.717) is 11.7 Å². The number of hydrogen-bond acceptors (Lipinski definition) is 3. The molecule has 0 saturated carbocycles. The molecule has 0 fully saturated rings. The van der Waals surface area contributed by atoms with Gasteiger partial charge in [-0.1, -0.05) is 38.1 Å². The van der Waals surface area contributed by atoms with Crippen LogP contribution >= 0.6 is 0 Å². The lowest BCUT2D eigenvalue weighted by atomic mass is 9.80. The first-order valence-electron chi connectivity index (χ1n) is 8.19. The van der Waals surface area contributed by atoms with E-state index in [9.17, 15) is 4.79 Å². The van der Waals surface area contributed by atoms with Crippen LogP contribution in [0.1, 0.15) is 37.1 Å². The van der Waals surface area contributed by atoms with Crippen molar-refractivity contribution in [2.45, 2.75) is 26.2 Å². The molecule has 0 bridgehead atoms. The topological polar surface area (TPSA) is 47.8 Å². The first-order valence-corrected chi connectivity index (χ1v) is 8.19. The molecule has 0 spiro atoms. The summed E-state index contributed by atoms with van der Waals surface area (Å²) >= 11 is 0. The normalized spacial score (nSPS) is 21.8. The van der Waals surface area contributed by atoms with Gasteiger partial charge in [0.25, 0.3) is 0 Å². The maximum atomic E-state index is 13.4. The third-order valence-corrected chi connectivity index (χ3v) is 4.67. The standard InChI is InChI=1S/C20H19N3O/c1-13(2)11-15-17-12-14-7-4-5-8-16(14)23(17)19(24)20(15,3)18-21-9-6-10-22-18/h4-13H,1-3H3/b15-11-/t20-/m0/s1. The third kappa shape index (κ3) is 1.89. The van der Waals surface area contributed by atoms with Gasteiger partial charge in [-0.05, 0) is 36.6 Å². The van der Waals surface area contributed by atoms with E-state index in [1.807, 2.05) is 35.8 Å². The van der Waals surface area contributed by atoms with Gasteiger partial charge in [-0.3, -0.25) is 9.36 Å². The number of para-hydroxylation sites is 1. The zero-order chi connectivity index (χ0) is 16.9. The number of fused-ring (bicyclic) bond motifs is 3. The Balaban J connectivity index is 2.04. The van der Waals surface area contributed by atoms with Gasteiger partial charge in [-0.25, -0.2) is 9.97 Å². The molecule has 1 atom stereocenters. The Morgan fingerprint density at radius 1 is 1.12 bits per heavy atom. The molecular formula is C20H19N3O. The highest BCUT2D eigenvalue weighted by atomic mass is 16.2. The van der Waals surface area contributed by atoms with Gasteiger partial charge >= 0.3 is 0 Å². The van der Waals surface area contributed by atoms with Crippen LogP contribution < -0.4 is 0 Å². The molecule has 120 valence electrons. The molecule has 4 heteroatoms. The highest BCUT2D eigenvalue weighted by Gasteiger charge is 2.50. The van der Waals surface area contributed by atoms with Crippen molar-refractivity contribution in [3.8, 4) is 0 Å². The number of rotatable bonds is 2. The van der Waals surface area contributed by atoms with Crippen LogP contribution in [0.4, 0.5) is 0 Å². The predicted molar refractivity (Wildman–Crippen MR) is 94.8 cm³/mol. The van der Waals surface area contributed by atoms with Gasteiger partial charge in [-0.15, -0.1) is 0 Å². The molecule has 0 amide bonds. The van der Waals surface area contributed by atoms with Crippen molar-refractivity contribution in [2.24, 2.45) is 5.92 Å². The van der Waals surface area contributed by atoms with Crippen molar-refractivity contribution in [3.63, 3.8) is 0 Å². The van der Waals surface area contributed by atoms with E-state index in [4.69, 9.17) is 0 Å². The molecular weight excluding hydrogens is 298 g/mol. The van der Waals surface area contributed by atoms with Crippen LogP contribution in [0.5, 0.6) is 0 Å². The molecule has 3 heterocycles. The van der Waals surface area contributed by atoms with E-state index in [1.54, 1.807) is 18.5 Å². The summed E-state index contributed by atoms with van der Waals surface area (Å²) in [5.41, 5.74) is 2.02. The van der Waals surface area contributed by atoms with Crippen LogP contribution in [-0.4, -0.2) is 20.4 Å². The van der Waals surface area contributed by atoms with Gasteiger partial charge in [-0.2, -0.15) is 0 Å². The Morgan fingerprint density at radius 3 is 2.54 bits per heavy atom. The number of benzene rings is 1. The quantitative estimate of drug-likeness (QED) is 0.715. The lowest BCUT2D eigenvalue weighted by molar-refractivity contribution is 0.0866. The molecule has 3 aromatic rings. The fourth-order valence-electron chi connectivity index (χ4n) is 3.53. The molecule has 0 unspecified atom stereocenters. The molecule has 0 aliphatic carbocycles. The van der Waals surface area contributed by atoms with E-state index >= 15 is 0 Å². The first-order chi connectivity index (χ1) is 11.5. The Morgan fingerprint density at radius 2 is 1.83 bits per heavy atom. The lowest BCUT2D eigenvalue weighted by Gasteiger charge is -2.22. The molecule has 1 aliphatic rings. The van der Waals surface area contributed by atoms with Crippen molar-refractivity contribution in [2.75, 3.05) is 0 Å². The average Bonchev–Trinajstić information content (AvgIpc) is 3.06. The molecule has 24 heavy (non-hydrogen) atoms. The van der Waals surface area contributed by atoms with Crippen LogP contribution in [0, 0.1) is 5.92 Å². The fourth-order valence-corrected chi connectivity index (χ4v) is 3.53. The van der Waals surface area contributed by atoms with Crippen molar-refractivity contribution in [1.82, 2.24) is 14.5 Å². The Bertz CT molecular complexity index is 969. The van der Waals surface area contributed by atoms with Crippen molar-refractivity contribution in [3.05, 3.63) is 66.4 Å². The highest BCUT2D eigenvalue weighted by Crippen LogP contribution is 2.46. The fraction of sp³-hybridized carbons (Fsp3) is 0.250. The summed E-state index contributed by atoms with van der Waals surface area (Å²) in [4.78, 5) is 22.2. The van der Waals surface area contributed by atoms with Gasteiger partial charge in [0.15, 0.2) is 0 Å². The van der Waals surface area contributed by atoms with Gasteiger partial charge < -0.3 is 0 Å². The van der Waals surface area contributed by atoms with E-state index in [1.165, 1.54) is 0 Å². The van der Waals surface area contributed by atoms with E-state index < -0.39 is 5.41 Å². The molecule has 2 aromatic heterocycles. The molecule has 0 radical (unpaired) electrons. The first kappa shape index (κ1) is 14.8. The minimum atomic E-state index is -0.856. The molecule has 0 N–H and O–H groups in total. The number of nitrogens with zero attached hydrogens (tertiary/aromatic N) is 3.